The fraction of sp³-hybridized carbons (Fsp3) is 0.333. The SMILES string of the molecule is CCCN(CCC)C(=O)c1ccc(Nc2ccc(F)c(F)c2)nc1. The first kappa shape index (κ1) is 17.8. The van der Waals surface area contributed by atoms with Crippen molar-refractivity contribution in [3.63, 3.8) is 0 Å². The summed E-state index contributed by atoms with van der Waals surface area (Å²) in [5, 5.41) is 2.87. The Kier molecular flexibility index (Phi) is 6.23. The number of pyridine rings is 1. The highest BCUT2D eigenvalue weighted by Crippen LogP contribution is 2.18. The molecule has 0 atom stereocenters. The number of anilines is 2. The van der Waals surface area contributed by atoms with Crippen LogP contribution in [0.1, 0.15) is 37.0 Å². The Morgan fingerprint density at radius 3 is 2.33 bits per heavy atom. The van der Waals surface area contributed by atoms with E-state index < -0.39 is 11.6 Å². The maximum Gasteiger partial charge on any atom is 0.255 e. The monoisotopic (exact) mass is 333 g/mol. The third-order valence-electron chi connectivity index (χ3n) is 3.48. The van der Waals surface area contributed by atoms with Crippen molar-refractivity contribution in [2.24, 2.45) is 0 Å². The first-order chi connectivity index (χ1) is 11.5. The van der Waals surface area contributed by atoms with Crippen LogP contribution >= 0.6 is 0 Å². The number of nitrogens with one attached hydrogen (secondary N) is 1. The quantitative estimate of drug-likeness (QED) is 0.818. The number of carbonyl (C=O) groups excluding carboxylic acids is 1. The maximum absolute atomic E-state index is 13.2. The average molecular weight is 333 g/mol. The summed E-state index contributed by atoms with van der Waals surface area (Å²) in [6.45, 7) is 5.48. The number of aromatic nitrogens is 1. The zero-order valence-electron chi connectivity index (χ0n) is 13.9. The molecule has 1 heterocycles. The van der Waals surface area contributed by atoms with E-state index in [-0.39, 0.29) is 5.91 Å². The predicted molar refractivity (Wildman–Crippen MR) is 90.4 cm³/mol. The van der Waals surface area contributed by atoms with Crippen LogP contribution in [0.4, 0.5) is 20.3 Å². The number of hydrogen-bond donors (Lipinski definition) is 1. The van der Waals surface area contributed by atoms with E-state index in [9.17, 15) is 13.6 Å². The molecule has 0 bridgehead atoms. The van der Waals surface area contributed by atoms with Crippen molar-refractivity contribution in [2.75, 3.05) is 18.4 Å². The van der Waals surface area contributed by atoms with Crippen molar-refractivity contribution >= 4 is 17.4 Å². The number of amides is 1. The molecule has 4 nitrogen and oxygen atoms in total. The van der Waals surface area contributed by atoms with Crippen LogP contribution in [-0.2, 0) is 0 Å². The third kappa shape index (κ3) is 4.50. The van der Waals surface area contributed by atoms with Crippen molar-refractivity contribution in [3.05, 3.63) is 53.7 Å². The van der Waals surface area contributed by atoms with Crippen LogP contribution in [0.3, 0.4) is 0 Å². The Morgan fingerprint density at radius 1 is 1.08 bits per heavy atom. The molecule has 0 spiro atoms. The summed E-state index contributed by atoms with van der Waals surface area (Å²) >= 11 is 0. The Hall–Kier alpha value is -2.50. The van der Waals surface area contributed by atoms with Gasteiger partial charge in [-0.15, -0.1) is 0 Å². The second-order valence-electron chi connectivity index (χ2n) is 5.48. The molecule has 0 radical (unpaired) electrons. The molecule has 24 heavy (non-hydrogen) atoms. The van der Waals surface area contributed by atoms with E-state index in [1.54, 1.807) is 17.0 Å². The van der Waals surface area contributed by atoms with E-state index >= 15 is 0 Å². The lowest BCUT2D eigenvalue weighted by Gasteiger charge is -2.21. The van der Waals surface area contributed by atoms with Crippen molar-refractivity contribution < 1.29 is 13.6 Å². The molecular formula is C18H21F2N3O. The summed E-state index contributed by atoms with van der Waals surface area (Å²) < 4.78 is 26.1. The molecule has 1 aromatic carbocycles. The molecule has 1 amide bonds. The van der Waals surface area contributed by atoms with E-state index in [4.69, 9.17) is 0 Å². The molecule has 0 aliphatic rings. The van der Waals surface area contributed by atoms with Crippen molar-refractivity contribution in [2.45, 2.75) is 26.7 Å². The van der Waals surface area contributed by atoms with Crippen LogP contribution in [0.25, 0.3) is 0 Å². The predicted octanol–water partition coefficient (Wildman–Crippen LogP) is 4.37. The molecule has 0 unspecified atom stereocenters. The van der Waals surface area contributed by atoms with Gasteiger partial charge in [0.1, 0.15) is 5.82 Å². The summed E-state index contributed by atoms with van der Waals surface area (Å²) in [5.41, 5.74) is 0.895. The van der Waals surface area contributed by atoms with Gasteiger partial charge in [-0.25, -0.2) is 13.8 Å². The summed E-state index contributed by atoms with van der Waals surface area (Å²) in [7, 11) is 0. The fourth-order valence-corrected chi connectivity index (χ4v) is 2.35. The molecular weight excluding hydrogens is 312 g/mol. The molecule has 1 aromatic heterocycles. The number of halogens is 2. The normalized spacial score (nSPS) is 10.5. The number of benzene rings is 1. The molecule has 0 aliphatic heterocycles. The number of rotatable bonds is 7. The topological polar surface area (TPSA) is 45.2 Å². The van der Waals surface area contributed by atoms with Gasteiger partial charge in [0.25, 0.3) is 5.91 Å². The van der Waals surface area contributed by atoms with E-state index in [1.165, 1.54) is 12.3 Å². The van der Waals surface area contributed by atoms with E-state index in [0.29, 0.717) is 30.2 Å². The van der Waals surface area contributed by atoms with Crippen molar-refractivity contribution in [1.82, 2.24) is 9.88 Å². The lowest BCUT2D eigenvalue weighted by atomic mass is 10.2. The lowest BCUT2D eigenvalue weighted by Crippen LogP contribution is -2.32. The van der Waals surface area contributed by atoms with Crippen LogP contribution in [0.2, 0.25) is 0 Å². The summed E-state index contributed by atoms with van der Waals surface area (Å²) in [5.74, 6) is -1.43. The Balaban J connectivity index is 2.09. The maximum atomic E-state index is 13.2. The summed E-state index contributed by atoms with van der Waals surface area (Å²) in [6.07, 6.45) is 3.28. The first-order valence-electron chi connectivity index (χ1n) is 8.02. The second kappa shape index (κ2) is 8.38. The van der Waals surface area contributed by atoms with Crippen molar-refractivity contribution in [3.8, 4) is 0 Å². The van der Waals surface area contributed by atoms with Gasteiger partial charge in [0.05, 0.1) is 5.56 Å². The van der Waals surface area contributed by atoms with Gasteiger partial charge < -0.3 is 10.2 Å². The minimum Gasteiger partial charge on any atom is -0.340 e. The highest BCUT2D eigenvalue weighted by atomic mass is 19.2. The molecule has 2 rings (SSSR count). The van der Waals surface area contributed by atoms with Crippen LogP contribution in [0.15, 0.2) is 36.5 Å². The van der Waals surface area contributed by atoms with Crippen LogP contribution in [0, 0.1) is 11.6 Å². The van der Waals surface area contributed by atoms with E-state index in [2.05, 4.69) is 10.3 Å². The lowest BCUT2D eigenvalue weighted by molar-refractivity contribution is 0.0755. The Morgan fingerprint density at radius 2 is 1.79 bits per heavy atom. The number of hydrogen-bond acceptors (Lipinski definition) is 3. The number of nitrogens with zero attached hydrogens (tertiary/aromatic N) is 2. The van der Waals surface area contributed by atoms with Gasteiger partial charge in [0.15, 0.2) is 11.6 Å². The summed E-state index contributed by atoms with van der Waals surface area (Å²) in [6, 6.07) is 6.84. The summed E-state index contributed by atoms with van der Waals surface area (Å²) in [4.78, 5) is 18.4. The molecule has 128 valence electrons. The highest BCUT2D eigenvalue weighted by molar-refractivity contribution is 5.94. The fourth-order valence-electron chi connectivity index (χ4n) is 2.35. The van der Waals surface area contributed by atoms with Gasteiger partial charge >= 0.3 is 0 Å². The smallest absolute Gasteiger partial charge is 0.255 e. The number of carbonyl (C=O) groups is 1. The molecule has 0 aliphatic carbocycles. The molecule has 2 aromatic rings. The minimum absolute atomic E-state index is 0.0504. The molecule has 0 saturated carbocycles. The van der Waals surface area contributed by atoms with Gasteiger partial charge in [-0.05, 0) is 37.1 Å². The first-order valence-corrected chi connectivity index (χ1v) is 8.02. The van der Waals surface area contributed by atoms with E-state index in [0.717, 1.165) is 25.0 Å². The van der Waals surface area contributed by atoms with E-state index in [1.807, 2.05) is 13.8 Å². The van der Waals surface area contributed by atoms with Gasteiger partial charge in [-0.3, -0.25) is 4.79 Å². The Labute approximate surface area is 140 Å². The van der Waals surface area contributed by atoms with Gasteiger partial charge in [0, 0.05) is 31.0 Å². The zero-order chi connectivity index (χ0) is 17.5. The average Bonchev–Trinajstić information content (AvgIpc) is 2.58. The molecule has 6 heteroatoms. The van der Waals surface area contributed by atoms with Crippen LogP contribution in [0.5, 0.6) is 0 Å². The highest BCUT2D eigenvalue weighted by Gasteiger charge is 2.14. The largest absolute Gasteiger partial charge is 0.340 e. The minimum atomic E-state index is -0.929. The molecule has 1 N–H and O–H groups in total. The molecule has 0 saturated heterocycles. The van der Waals surface area contributed by atoms with Crippen molar-refractivity contribution in [1.29, 1.82) is 0 Å². The van der Waals surface area contributed by atoms with Gasteiger partial charge in [-0.2, -0.15) is 0 Å². The Bertz CT molecular complexity index is 683. The standard InChI is InChI=1S/C18H21F2N3O/c1-3-9-23(10-4-2)18(24)13-5-8-17(21-12-13)22-14-6-7-15(19)16(20)11-14/h5-8,11-12H,3-4,9-10H2,1-2H3,(H,21,22). The van der Waals surface area contributed by atoms with Gasteiger partial charge in [-0.1, -0.05) is 13.8 Å². The third-order valence-corrected chi connectivity index (χ3v) is 3.48. The van der Waals surface area contributed by atoms with Crippen LogP contribution in [-0.4, -0.2) is 28.9 Å². The second-order valence-corrected chi connectivity index (χ2v) is 5.48. The zero-order valence-corrected chi connectivity index (χ0v) is 13.9. The molecule has 0 fully saturated rings. The van der Waals surface area contributed by atoms with Gasteiger partial charge in [0.2, 0.25) is 0 Å². The van der Waals surface area contributed by atoms with Crippen LogP contribution < -0.4 is 5.32 Å².